The number of ketones is 1. The van der Waals surface area contributed by atoms with Crippen LogP contribution < -0.4 is 0 Å². The standard InChI is InChI=1S/C10H16O2/c1-10(2)7-4-3-6(5-7)8(11)9(10)12/h6-8,11H,3-5H2,1-2H3/t6-,7+,8-/m0/s1. The fourth-order valence-corrected chi connectivity index (χ4v) is 2.76. The topological polar surface area (TPSA) is 37.3 Å². The number of hydrogen-bond acceptors (Lipinski definition) is 2. The second kappa shape index (κ2) is 2.32. The van der Waals surface area contributed by atoms with Crippen LogP contribution in [-0.2, 0) is 4.79 Å². The van der Waals surface area contributed by atoms with Crippen molar-refractivity contribution in [2.45, 2.75) is 39.2 Å². The van der Waals surface area contributed by atoms with E-state index in [1.54, 1.807) is 0 Å². The summed E-state index contributed by atoms with van der Waals surface area (Å²) in [6, 6.07) is 0. The Morgan fingerprint density at radius 3 is 2.75 bits per heavy atom. The number of aliphatic hydroxyl groups is 1. The van der Waals surface area contributed by atoms with E-state index in [0.717, 1.165) is 19.3 Å². The number of Topliss-reactive ketones (excluding diaryl/α,β-unsaturated/α-hetero) is 1. The van der Waals surface area contributed by atoms with Crippen LogP contribution in [0, 0.1) is 17.3 Å². The summed E-state index contributed by atoms with van der Waals surface area (Å²) in [6.07, 6.45) is 2.56. The van der Waals surface area contributed by atoms with Gasteiger partial charge < -0.3 is 5.11 Å². The van der Waals surface area contributed by atoms with Crippen molar-refractivity contribution in [3.05, 3.63) is 0 Å². The van der Waals surface area contributed by atoms with Gasteiger partial charge in [-0.25, -0.2) is 0 Å². The van der Waals surface area contributed by atoms with Gasteiger partial charge in [0.05, 0.1) is 0 Å². The summed E-state index contributed by atoms with van der Waals surface area (Å²) in [5.74, 6) is 0.871. The Morgan fingerprint density at radius 2 is 2.08 bits per heavy atom. The monoisotopic (exact) mass is 168 g/mol. The van der Waals surface area contributed by atoms with E-state index >= 15 is 0 Å². The number of hydrogen-bond donors (Lipinski definition) is 1. The minimum Gasteiger partial charge on any atom is -0.385 e. The van der Waals surface area contributed by atoms with E-state index in [-0.39, 0.29) is 17.1 Å². The molecule has 0 saturated heterocycles. The molecule has 12 heavy (non-hydrogen) atoms. The van der Waals surface area contributed by atoms with Crippen molar-refractivity contribution in [3.63, 3.8) is 0 Å². The highest BCUT2D eigenvalue weighted by Crippen LogP contribution is 2.49. The third-order valence-electron chi connectivity index (χ3n) is 3.84. The van der Waals surface area contributed by atoms with Gasteiger partial charge in [0.25, 0.3) is 0 Å². The predicted octanol–water partition coefficient (Wildman–Crippen LogP) is 1.37. The minimum absolute atomic E-state index is 0.0706. The summed E-state index contributed by atoms with van der Waals surface area (Å²) in [4.78, 5) is 11.7. The van der Waals surface area contributed by atoms with Crippen molar-refractivity contribution >= 4 is 5.78 Å². The van der Waals surface area contributed by atoms with Gasteiger partial charge in [-0.1, -0.05) is 13.8 Å². The lowest BCUT2D eigenvalue weighted by Crippen LogP contribution is -2.45. The maximum absolute atomic E-state index is 11.7. The second-order valence-electron chi connectivity index (χ2n) is 4.80. The maximum Gasteiger partial charge on any atom is 0.167 e. The summed E-state index contributed by atoms with van der Waals surface area (Å²) in [6.45, 7) is 3.95. The number of aliphatic hydroxyl groups excluding tert-OH is 1. The van der Waals surface area contributed by atoms with Crippen LogP contribution in [0.3, 0.4) is 0 Å². The Balaban J connectivity index is 2.33. The molecule has 0 spiro atoms. The van der Waals surface area contributed by atoms with Gasteiger partial charge in [-0.15, -0.1) is 0 Å². The summed E-state index contributed by atoms with van der Waals surface area (Å²) >= 11 is 0. The first-order valence-corrected chi connectivity index (χ1v) is 4.76. The molecule has 0 heterocycles. The molecule has 68 valence electrons. The van der Waals surface area contributed by atoms with Crippen LogP contribution >= 0.6 is 0 Å². The largest absolute Gasteiger partial charge is 0.385 e. The first-order valence-electron chi connectivity index (χ1n) is 4.76. The molecular weight excluding hydrogens is 152 g/mol. The molecule has 1 N–H and O–H groups in total. The van der Waals surface area contributed by atoms with E-state index in [0.29, 0.717) is 5.92 Å². The summed E-state index contributed by atoms with van der Waals surface area (Å²) < 4.78 is 0. The fourth-order valence-electron chi connectivity index (χ4n) is 2.76. The summed E-state index contributed by atoms with van der Waals surface area (Å²) in [7, 11) is 0. The van der Waals surface area contributed by atoms with Gasteiger partial charge in [0.15, 0.2) is 5.78 Å². The Morgan fingerprint density at radius 1 is 1.42 bits per heavy atom. The van der Waals surface area contributed by atoms with Crippen LogP contribution in [0.2, 0.25) is 0 Å². The summed E-state index contributed by atoms with van der Waals surface area (Å²) in [5, 5.41) is 9.65. The van der Waals surface area contributed by atoms with Crippen molar-refractivity contribution in [2.75, 3.05) is 0 Å². The lowest BCUT2D eigenvalue weighted by Gasteiger charge is -2.37. The van der Waals surface area contributed by atoms with Gasteiger partial charge in [0.1, 0.15) is 6.10 Å². The lowest BCUT2D eigenvalue weighted by atomic mass is 9.67. The zero-order chi connectivity index (χ0) is 8.93. The number of rotatable bonds is 0. The van der Waals surface area contributed by atoms with Crippen LogP contribution in [-0.4, -0.2) is 17.0 Å². The van der Waals surface area contributed by atoms with Gasteiger partial charge in [0.2, 0.25) is 0 Å². The molecule has 0 radical (unpaired) electrons. The lowest BCUT2D eigenvalue weighted by molar-refractivity contribution is -0.144. The molecule has 0 aliphatic heterocycles. The van der Waals surface area contributed by atoms with Crippen LogP contribution in [0.5, 0.6) is 0 Å². The Labute approximate surface area is 73.0 Å². The second-order valence-corrected chi connectivity index (χ2v) is 4.80. The highest BCUT2D eigenvalue weighted by atomic mass is 16.3. The van der Waals surface area contributed by atoms with E-state index in [1.165, 1.54) is 0 Å². The molecule has 2 nitrogen and oxygen atoms in total. The Kier molecular flexibility index (Phi) is 1.59. The van der Waals surface area contributed by atoms with Crippen LogP contribution in [0.15, 0.2) is 0 Å². The van der Waals surface area contributed by atoms with Gasteiger partial charge in [-0.2, -0.15) is 0 Å². The molecule has 0 aromatic carbocycles. The van der Waals surface area contributed by atoms with E-state index in [9.17, 15) is 9.90 Å². The molecule has 0 aromatic rings. The maximum atomic E-state index is 11.7. The molecule has 2 aliphatic rings. The Bertz CT molecular complexity index is 220. The average Bonchev–Trinajstić information content (AvgIpc) is 2.46. The molecule has 0 amide bonds. The third kappa shape index (κ3) is 0.875. The zero-order valence-corrected chi connectivity index (χ0v) is 7.71. The highest BCUT2D eigenvalue weighted by Gasteiger charge is 2.51. The average molecular weight is 168 g/mol. The number of carbonyl (C=O) groups is 1. The van der Waals surface area contributed by atoms with Crippen molar-refractivity contribution < 1.29 is 9.90 Å². The molecule has 2 aliphatic carbocycles. The molecular formula is C10H16O2. The predicted molar refractivity (Wildman–Crippen MR) is 45.6 cm³/mol. The van der Waals surface area contributed by atoms with Crippen molar-refractivity contribution in [1.82, 2.24) is 0 Å². The normalized spacial score (nSPS) is 44.9. The fraction of sp³-hybridized carbons (Fsp3) is 0.900. The van der Waals surface area contributed by atoms with Gasteiger partial charge >= 0.3 is 0 Å². The van der Waals surface area contributed by atoms with Crippen LogP contribution in [0.1, 0.15) is 33.1 Å². The highest BCUT2D eigenvalue weighted by molar-refractivity contribution is 5.89. The molecule has 0 aromatic heterocycles. The quantitative estimate of drug-likeness (QED) is 0.593. The Hall–Kier alpha value is -0.370. The molecule has 0 unspecified atom stereocenters. The van der Waals surface area contributed by atoms with E-state index in [4.69, 9.17) is 0 Å². The van der Waals surface area contributed by atoms with Crippen molar-refractivity contribution in [2.24, 2.45) is 17.3 Å². The smallest absolute Gasteiger partial charge is 0.167 e. The third-order valence-corrected chi connectivity index (χ3v) is 3.84. The van der Waals surface area contributed by atoms with E-state index < -0.39 is 6.10 Å². The number of carbonyl (C=O) groups excluding carboxylic acids is 1. The molecule has 2 heteroatoms. The van der Waals surface area contributed by atoms with Gasteiger partial charge in [-0.05, 0) is 31.1 Å². The molecule has 2 saturated carbocycles. The number of fused-ring (bicyclic) bond motifs is 2. The SMILES string of the molecule is CC1(C)C(=O)[C@@H](O)[C@H]2CC[C@@H]1C2. The zero-order valence-electron chi connectivity index (χ0n) is 7.71. The summed E-state index contributed by atoms with van der Waals surface area (Å²) in [5.41, 5.74) is -0.271. The van der Waals surface area contributed by atoms with E-state index in [2.05, 4.69) is 0 Å². The van der Waals surface area contributed by atoms with Crippen LogP contribution in [0.25, 0.3) is 0 Å². The minimum atomic E-state index is -0.668. The molecule has 3 atom stereocenters. The van der Waals surface area contributed by atoms with E-state index in [1.807, 2.05) is 13.8 Å². The van der Waals surface area contributed by atoms with Crippen molar-refractivity contribution in [3.8, 4) is 0 Å². The van der Waals surface area contributed by atoms with Gasteiger partial charge in [-0.3, -0.25) is 4.79 Å². The first-order chi connectivity index (χ1) is 5.53. The molecule has 2 bridgehead atoms. The van der Waals surface area contributed by atoms with Crippen molar-refractivity contribution in [1.29, 1.82) is 0 Å². The van der Waals surface area contributed by atoms with Crippen LogP contribution in [0.4, 0.5) is 0 Å². The van der Waals surface area contributed by atoms with Gasteiger partial charge in [0, 0.05) is 5.41 Å². The first kappa shape index (κ1) is 8.24. The molecule has 2 fully saturated rings. The molecule has 2 rings (SSSR count).